The molecule has 3 aromatic carbocycles. The van der Waals surface area contributed by atoms with Gasteiger partial charge < -0.3 is 9.84 Å². The van der Waals surface area contributed by atoms with Crippen LogP contribution in [-0.4, -0.2) is 34.3 Å². The molecule has 1 aromatic heterocycles. The summed E-state index contributed by atoms with van der Waals surface area (Å²) in [6.45, 7) is 0. The van der Waals surface area contributed by atoms with Gasteiger partial charge in [-0.3, -0.25) is 0 Å². The van der Waals surface area contributed by atoms with Crippen molar-refractivity contribution in [3.8, 4) is 22.8 Å². The molecule has 0 spiro atoms. The third-order valence-corrected chi connectivity index (χ3v) is 5.26. The smallest absolute Gasteiger partial charge is 0.251 e. The van der Waals surface area contributed by atoms with Crippen LogP contribution in [0.2, 0.25) is 5.02 Å². The van der Waals surface area contributed by atoms with E-state index >= 15 is 0 Å². The Morgan fingerprint density at radius 1 is 1.06 bits per heavy atom. The summed E-state index contributed by atoms with van der Waals surface area (Å²) in [4.78, 5) is 9.10. The Bertz CT molecular complexity index is 1290. The van der Waals surface area contributed by atoms with Crippen molar-refractivity contribution < 1.29 is 9.84 Å². The van der Waals surface area contributed by atoms with Crippen LogP contribution in [0.1, 0.15) is 11.1 Å². The van der Waals surface area contributed by atoms with E-state index in [9.17, 15) is 5.11 Å². The molecule has 0 radical (unpaired) electrons. The van der Waals surface area contributed by atoms with Gasteiger partial charge in [-0.25, -0.2) is 14.7 Å². The summed E-state index contributed by atoms with van der Waals surface area (Å²) in [5.41, 5.74) is 3.03. The first-order valence-electron chi connectivity index (χ1n) is 9.59. The van der Waals surface area contributed by atoms with Gasteiger partial charge in [0.2, 0.25) is 0 Å². The van der Waals surface area contributed by atoms with Gasteiger partial charge in [-0.15, -0.1) is 0 Å². The van der Waals surface area contributed by atoms with Crippen LogP contribution in [0.25, 0.3) is 11.3 Å². The highest BCUT2D eigenvalue weighted by Crippen LogP contribution is 2.33. The zero-order valence-corrected chi connectivity index (χ0v) is 19.3. The van der Waals surface area contributed by atoms with Crippen molar-refractivity contribution in [2.45, 2.75) is 0 Å². The molecule has 4 aromatic rings. The maximum atomic E-state index is 10.4. The van der Waals surface area contributed by atoms with Gasteiger partial charge in [-0.2, -0.15) is 5.10 Å². The van der Waals surface area contributed by atoms with Gasteiger partial charge in [0.05, 0.1) is 25.2 Å². The Labute approximate surface area is 198 Å². The summed E-state index contributed by atoms with van der Waals surface area (Å²) in [6.07, 6.45) is 5.02. The number of nitrogens with zero attached hydrogens (tertiary/aromatic N) is 4. The van der Waals surface area contributed by atoms with Gasteiger partial charge in [0.1, 0.15) is 0 Å². The fraction of sp³-hybridized carbons (Fsp3) is 0.0417. The van der Waals surface area contributed by atoms with Crippen LogP contribution in [0.3, 0.4) is 0 Å². The number of phenolic OH excluding ortho intramolecular Hbond substituents is 1. The summed E-state index contributed by atoms with van der Waals surface area (Å²) < 4.78 is 7.54. The first-order valence-corrected chi connectivity index (χ1v) is 10.8. The number of aromatic nitrogens is 2. The number of ether oxygens (including phenoxy) is 1. The Hall–Kier alpha value is -3.42. The third-order valence-electron chi connectivity index (χ3n) is 4.55. The second-order valence-corrected chi connectivity index (χ2v) is 8.09. The highest BCUT2D eigenvalue weighted by Gasteiger charge is 2.11. The number of methoxy groups -OCH3 is 1. The van der Waals surface area contributed by atoms with E-state index in [1.54, 1.807) is 41.4 Å². The van der Waals surface area contributed by atoms with E-state index < -0.39 is 0 Å². The fourth-order valence-corrected chi connectivity index (χ4v) is 3.52. The number of imidazole rings is 1. The maximum absolute atomic E-state index is 10.4. The van der Waals surface area contributed by atoms with Crippen molar-refractivity contribution in [1.29, 1.82) is 0 Å². The minimum Gasteiger partial charge on any atom is -0.504 e. The van der Waals surface area contributed by atoms with E-state index in [2.05, 4.69) is 31.0 Å². The monoisotopic (exact) mass is 508 g/mol. The number of phenols is 1. The fourth-order valence-electron chi connectivity index (χ4n) is 2.94. The molecule has 8 heteroatoms. The van der Waals surface area contributed by atoms with Crippen molar-refractivity contribution in [2.75, 3.05) is 7.11 Å². The lowest BCUT2D eigenvalue weighted by molar-refractivity contribution is 0.373. The van der Waals surface area contributed by atoms with E-state index in [4.69, 9.17) is 16.3 Å². The average Bonchev–Trinajstić information content (AvgIpc) is 3.22. The van der Waals surface area contributed by atoms with Crippen molar-refractivity contribution in [2.24, 2.45) is 10.1 Å². The van der Waals surface area contributed by atoms with Crippen LogP contribution in [0.4, 0.5) is 5.95 Å². The SMILES string of the molecule is COc1cc(Br)cc(C=Nc2nc(-c3ccccc3)cn2N=Cc2ccc(Cl)cc2)c1O. The molecule has 0 saturated heterocycles. The number of halogens is 2. The van der Waals surface area contributed by atoms with Gasteiger partial charge in [0.15, 0.2) is 11.5 Å². The second kappa shape index (κ2) is 9.80. The Kier molecular flexibility index (Phi) is 6.68. The van der Waals surface area contributed by atoms with Gasteiger partial charge in [-0.1, -0.05) is 70.0 Å². The Morgan fingerprint density at radius 2 is 1.81 bits per heavy atom. The molecule has 0 bridgehead atoms. The number of hydrogen-bond donors (Lipinski definition) is 1. The molecular weight excluding hydrogens is 492 g/mol. The highest BCUT2D eigenvalue weighted by molar-refractivity contribution is 9.10. The van der Waals surface area contributed by atoms with E-state index in [0.717, 1.165) is 21.3 Å². The molecule has 0 saturated carbocycles. The van der Waals surface area contributed by atoms with Crippen LogP contribution in [0.5, 0.6) is 11.5 Å². The van der Waals surface area contributed by atoms with E-state index in [-0.39, 0.29) is 5.75 Å². The normalized spacial score (nSPS) is 11.5. The molecule has 0 fully saturated rings. The molecule has 0 atom stereocenters. The van der Waals surface area contributed by atoms with Crippen molar-refractivity contribution in [3.05, 3.63) is 93.5 Å². The lowest BCUT2D eigenvalue weighted by Gasteiger charge is -2.06. The first kappa shape index (κ1) is 21.8. The van der Waals surface area contributed by atoms with Gasteiger partial charge in [-0.05, 0) is 29.8 Å². The molecule has 160 valence electrons. The van der Waals surface area contributed by atoms with Crippen LogP contribution in [-0.2, 0) is 0 Å². The maximum Gasteiger partial charge on any atom is 0.251 e. The quantitative estimate of drug-likeness (QED) is 0.309. The van der Waals surface area contributed by atoms with Crippen molar-refractivity contribution in [1.82, 2.24) is 9.66 Å². The van der Waals surface area contributed by atoms with Crippen molar-refractivity contribution >= 4 is 45.9 Å². The zero-order valence-electron chi connectivity index (χ0n) is 17.0. The lowest BCUT2D eigenvalue weighted by atomic mass is 10.2. The van der Waals surface area contributed by atoms with Crippen LogP contribution in [0.15, 0.2) is 87.5 Å². The number of aliphatic imine (C=N–C) groups is 1. The van der Waals surface area contributed by atoms with Crippen LogP contribution >= 0.6 is 27.5 Å². The molecule has 0 aliphatic rings. The summed E-state index contributed by atoms with van der Waals surface area (Å²) in [5.74, 6) is 0.688. The molecule has 4 rings (SSSR count). The summed E-state index contributed by atoms with van der Waals surface area (Å²) in [7, 11) is 1.49. The molecule has 32 heavy (non-hydrogen) atoms. The highest BCUT2D eigenvalue weighted by atomic mass is 79.9. The van der Waals surface area contributed by atoms with Crippen LogP contribution < -0.4 is 4.74 Å². The molecule has 1 heterocycles. The summed E-state index contributed by atoms with van der Waals surface area (Å²) in [6, 6.07) is 20.5. The molecule has 0 aliphatic heterocycles. The molecular formula is C24H18BrClN4O2. The van der Waals surface area contributed by atoms with E-state index in [1.165, 1.54) is 13.3 Å². The minimum absolute atomic E-state index is 0.00879. The lowest BCUT2D eigenvalue weighted by Crippen LogP contribution is -1.91. The molecule has 0 unspecified atom stereocenters. The third kappa shape index (κ3) is 5.07. The zero-order chi connectivity index (χ0) is 22.5. The topological polar surface area (TPSA) is 72.0 Å². The number of rotatable bonds is 6. The van der Waals surface area contributed by atoms with Gasteiger partial charge >= 0.3 is 0 Å². The minimum atomic E-state index is -0.00879. The molecule has 6 nitrogen and oxygen atoms in total. The largest absolute Gasteiger partial charge is 0.504 e. The second-order valence-electron chi connectivity index (χ2n) is 6.74. The predicted molar refractivity (Wildman–Crippen MR) is 132 cm³/mol. The summed E-state index contributed by atoms with van der Waals surface area (Å²) >= 11 is 9.37. The predicted octanol–water partition coefficient (Wildman–Crippen LogP) is 6.31. The molecule has 0 aliphatic carbocycles. The van der Waals surface area contributed by atoms with E-state index in [0.29, 0.717) is 22.3 Å². The van der Waals surface area contributed by atoms with Crippen molar-refractivity contribution in [3.63, 3.8) is 0 Å². The van der Waals surface area contributed by atoms with Gasteiger partial charge in [0, 0.05) is 26.8 Å². The molecule has 1 N–H and O–H groups in total. The standard InChI is InChI=1S/C24H18BrClN4O2/c1-32-22-12-19(25)11-18(23(22)31)14-27-24-29-21(17-5-3-2-4-6-17)15-30(24)28-13-16-7-9-20(26)10-8-16/h2-15,31H,1H3. The van der Waals surface area contributed by atoms with E-state index in [1.807, 2.05) is 42.5 Å². The van der Waals surface area contributed by atoms with Crippen LogP contribution in [0, 0.1) is 0 Å². The Morgan fingerprint density at radius 3 is 2.53 bits per heavy atom. The first-order chi connectivity index (χ1) is 15.5. The number of hydrogen-bond acceptors (Lipinski definition) is 5. The molecule has 0 amide bonds. The summed E-state index contributed by atoms with van der Waals surface area (Å²) in [5, 5.41) is 15.6. The number of aromatic hydroxyl groups is 1. The Balaban J connectivity index is 1.73. The number of benzene rings is 3. The average molecular weight is 510 g/mol. The van der Waals surface area contributed by atoms with Gasteiger partial charge in [0.25, 0.3) is 5.95 Å².